The molecule has 0 atom stereocenters. The first-order chi connectivity index (χ1) is 17.7. The number of carbonyl (C=O) groups excluding carboxylic acids is 2. The van der Waals surface area contributed by atoms with Crippen LogP contribution in [0.4, 0.5) is 0 Å². The van der Waals surface area contributed by atoms with Gasteiger partial charge in [0, 0.05) is 25.0 Å². The van der Waals surface area contributed by atoms with Crippen molar-refractivity contribution in [3.63, 3.8) is 0 Å². The van der Waals surface area contributed by atoms with Gasteiger partial charge in [-0.15, -0.1) is 0 Å². The summed E-state index contributed by atoms with van der Waals surface area (Å²) in [5.41, 5.74) is 0.984. The minimum absolute atomic E-state index is 0.349. The highest BCUT2D eigenvalue weighted by Crippen LogP contribution is 2.20. The molecule has 196 valence electrons. The number of esters is 2. The Morgan fingerprint density at radius 2 is 1.06 bits per heavy atom. The second-order valence-electron chi connectivity index (χ2n) is 9.42. The number of ether oxygens (including phenoxy) is 6. The van der Waals surface area contributed by atoms with Gasteiger partial charge in [0.25, 0.3) is 0 Å². The molecule has 0 aromatic heterocycles. The lowest BCUT2D eigenvalue weighted by Crippen LogP contribution is -2.31. The van der Waals surface area contributed by atoms with E-state index < -0.39 is 0 Å². The Balaban J connectivity index is 1.12. The van der Waals surface area contributed by atoms with Crippen molar-refractivity contribution in [3.05, 3.63) is 47.5 Å². The number of carbonyl (C=O) groups is 2. The molecule has 2 fully saturated rings. The van der Waals surface area contributed by atoms with Crippen LogP contribution in [0, 0.1) is 11.8 Å². The van der Waals surface area contributed by atoms with Crippen molar-refractivity contribution in [2.24, 2.45) is 11.8 Å². The highest BCUT2D eigenvalue weighted by molar-refractivity contribution is 5.99. The fraction of sp³-hybridized carbons (Fsp3) is 0.571. The summed E-state index contributed by atoms with van der Waals surface area (Å²) in [5.74, 6) is 0.367. The van der Waals surface area contributed by atoms with Gasteiger partial charge in [0.15, 0.2) is 0 Å². The Morgan fingerprint density at radius 3 is 1.44 bits per heavy atom. The summed E-state index contributed by atoms with van der Waals surface area (Å²) in [6.07, 6.45) is 3.22. The topological polar surface area (TPSA) is 89.5 Å². The summed E-state index contributed by atoms with van der Waals surface area (Å²) < 4.78 is 32.2. The van der Waals surface area contributed by atoms with Crippen LogP contribution in [0.25, 0.3) is 10.8 Å². The van der Waals surface area contributed by atoms with Gasteiger partial charge in [0.2, 0.25) is 0 Å². The van der Waals surface area contributed by atoms with E-state index in [-0.39, 0.29) is 11.9 Å². The first kappa shape index (κ1) is 26.5. The lowest BCUT2D eigenvalue weighted by molar-refractivity contribution is -0.0720. The molecule has 8 heteroatoms. The van der Waals surface area contributed by atoms with E-state index >= 15 is 0 Å². The van der Waals surface area contributed by atoms with Crippen LogP contribution in [-0.4, -0.2) is 78.0 Å². The molecular weight excluding hydrogens is 464 g/mol. The second-order valence-corrected chi connectivity index (χ2v) is 9.42. The third kappa shape index (κ3) is 8.27. The molecule has 2 heterocycles. The molecule has 2 aliphatic rings. The average Bonchev–Trinajstić information content (AvgIpc) is 2.84. The Hall–Kier alpha value is -2.52. The van der Waals surface area contributed by atoms with Gasteiger partial charge in [-0.1, -0.05) is 12.1 Å². The van der Waals surface area contributed by atoms with Crippen molar-refractivity contribution >= 4 is 22.7 Å². The van der Waals surface area contributed by atoms with Gasteiger partial charge in [0.05, 0.1) is 64.0 Å². The molecular formula is C28H36O8. The van der Waals surface area contributed by atoms with Crippen molar-refractivity contribution in [2.75, 3.05) is 66.1 Å². The van der Waals surface area contributed by atoms with Crippen LogP contribution in [-0.2, 0) is 28.4 Å². The molecule has 0 bridgehead atoms. The lowest BCUT2D eigenvalue weighted by Gasteiger charge is -2.25. The molecule has 0 N–H and O–H groups in total. The van der Waals surface area contributed by atoms with Crippen LogP contribution in [0.2, 0.25) is 0 Å². The quantitative estimate of drug-likeness (QED) is 0.252. The number of benzene rings is 2. The zero-order valence-electron chi connectivity index (χ0n) is 20.8. The number of unbranched alkanes of at least 4 members (excludes halogenated alkanes) is 2. The highest BCUT2D eigenvalue weighted by Gasteiger charge is 2.18. The Morgan fingerprint density at radius 1 is 0.639 bits per heavy atom. The first-order valence-corrected chi connectivity index (χ1v) is 12.9. The van der Waals surface area contributed by atoms with Crippen molar-refractivity contribution < 1.29 is 38.0 Å². The molecule has 0 saturated carbocycles. The Labute approximate surface area is 212 Å². The monoisotopic (exact) mass is 500 g/mol. The highest BCUT2D eigenvalue weighted by atomic mass is 16.5. The van der Waals surface area contributed by atoms with Crippen molar-refractivity contribution in [3.8, 4) is 0 Å². The van der Waals surface area contributed by atoms with E-state index in [0.29, 0.717) is 49.4 Å². The van der Waals surface area contributed by atoms with Crippen LogP contribution in [0.1, 0.15) is 46.4 Å². The summed E-state index contributed by atoms with van der Waals surface area (Å²) in [4.78, 5) is 24.8. The molecule has 8 nitrogen and oxygen atoms in total. The van der Waals surface area contributed by atoms with Gasteiger partial charge in [-0.2, -0.15) is 0 Å². The molecule has 36 heavy (non-hydrogen) atoms. The largest absolute Gasteiger partial charge is 0.462 e. The minimum Gasteiger partial charge on any atom is -0.462 e. The zero-order valence-corrected chi connectivity index (χ0v) is 20.8. The van der Waals surface area contributed by atoms with E-state index in [0.717, 1.165) is 76.1 Å². The SMILES string of the molecule is O=C(OCCCCOCC1COC1)c1ccc2cc(C(=O)OCCCCOCC3COC3)ccc2c1. The number of hydrogen-bond acceptors (Lipinski definition) is 8. The van der Waals surface area contributed by atoms with Gasteiger partial charge in [-0.3, -0.25) is 0 Å². The molecule has 0 unspecified atom stereocenters. The van der Waals surface area contributed by atoms with Gasteiger partial charge in [0.1, 0.15) is 0 Å². The maximum Gasteiger partial charge on any atom is 0.338 e. The normalized spacial score (nSPS) is 15.9. The van der Waals surface area contributed by atoms with E-state index in [1.165, 1.54) is 0 Å². The molecule has 0 radical (unpaired) electrons. The lowest BCUT2D eigenvalue weighted by atomic mass is 10.0. The predicted octanol–water partition coefficient (Wildman–Crippen LogP) is 4.04. The van der Waals surface area contributed by atoms with E-state index in [4.69, 9.17) is 28.4 Å². The van der Waals surface area contributed by atoms with Gasteiger partial charge >= 0.3 is 11.9 Å². The Kier molecular flexibility index (Phi) is 10.5. The molecule has 0 spiro atoms. The molecule has 0 aliphatic carbocycles. The third-order valence-corrected chi connectivity index (χ3v) is 6.27. The maximum atomic E-state index is 12.4. The van der Waals surface area contributed by atoms with E-state index in [1.54, 1.807) is 24.3 Å². The molecule has 0 amide bonds. The second kappa shape index (κ2) is 14.3. The van der Waals surface area contributed by atoms with Crippen molar-refractivity contribution in [1.82, 2.24) is 0 Å². The average molecular weight is 501 g/mol. The summed E-state index contributed by atoms with van der Waals surface area (Å²) in [6.45, 7) is 6.71. The number of hydrogen-bond donors (Lipinski definition) is 0. The molecule has 2 aliphatic heterocycles. The van der Waals surface area contributed by atoms with Crippen LogP contribution < -0.4 is 0 Å². The predicted molar refractivity (Wildman–Crippen MR) is 133 cm³/mol. The Bertz CT molecular complexity index is 903. The van der Waals surface area contributed by atoms with Gasteiger partial charge in [-0.05, 0) is 60.7 Å². The first-order valence-electron chi connectivity index (χ1n) is 12.9. The van der Waals surface area contributed by atoms with E-state index in [9.17, 15) is 9.59 Å². The third-order valence-electron chi connectivity index (χ3n) is 6.27. The summed E-state index contributed by atoms with van der Waals surface area (Å²) >= 11 is 0. The van der Waals surface area contributed by atoms with Crippen LogP contribution >= 0.6 is 0 Å². The number of rotatable bonds is 16. The number of fused-ring (bicyclic) bond motifs is 1. The molecule has 2 aromatic rings. The van der Waals surface area contributed by atoms with Gasteiger partial charge < -0.3 is 28.4 Å². The van der Waals surface area contributed by atoms with E-state index in [2.05, 4.69) is 0 Å². The fourth-order valence-electron chi connectivity index (χ4n) is 3.87. The van der Waals surface area contributed by atoms with Crippen molar-refractivity contribution in [2.45, 2.75) is 25.7 Å². The van der Waals surface area contributed by atoms with Crippen LogP contribution in [0.15, 0.2) is 36.4 Å². The van der Waals surface area contributed by atoms with E-state index in [1.807, 2.05) is 12.1 Å². The van der Waals surface area contributed by atoms with Crippen molar-refractivity contribution in [1.29, 1.82) is 0 Å². The van der Waals surface area contributed by atoms with Crippen LogP contribution in [0.5, 0.6) is 0 Å². The fourth-order valence-corrected chi connectivity index (χ4v) is 3.87. The standard InChI is InChI=1S/C28H36O8/c29-27(35-11-3-1-9-31-15-21-17-33-18-21)25-7-5-24-14-26(8-6-23(24)13-25)28(30)36-12-4-2-10-32-16-22-19-34-20-22/h5-8,13-14,21-22H,1-4,9-12,15-20H2. The summed E-state index contributed by atoms with van der Waals surface area (Å²) in [6, 6.07) is 10.7. The zero-order chi connectivity index (χ0) is 25.0. The molecule has 4 rings (SSSR count). The summed E-state index contributed by atoms with van der Waals surface area (Å²) in [7, 11) is 0. The smallest absolute Gasteiger partial charge is 0.338 e. The minimum atomic E-state index is -0.349. The van der Waals surface area contributed by atoms with Gasteiger partial charge in [-0.25, -0.2) is 9.59 Å². The summed E-state index contributed by atoms with van der Waals surface area (Å²) in [5, 5.41) is 1.73. The maximum absolute atomic E-state index is 12.4. The van der Waals surface area contributed by atoms with Crippen LogP contribution in [0.3, 0.4) is 0 Å². The molecule has 2 aromatic carbocycles. The molecule has 2 saturated heterocycles.